The van der Waals surface area contributed by atoms with Gasteiger partial charge in [0.25, 0.3) is 0 Å². The molecule has 0 spiro atoms. The topological polar surface area (TPSA) is 42.5 Å². The minimum Gasteiger partial charge on any atom is -0.457 e. The Morgan fingerprint density at radius 3 is 2.52 bits per heavy atom. The van der Waals surface area contributed by atoms with Gasteiger partial charge in [0.05, 0.1) is 6.10 Å². The predicted octanol–water partition coefficient (Wildman–Crippen LogP) is 3.94. The van der Waals surface area contributed by atoms with Gasteiger partial charge in [0.1, 0.15) is 11.5 Å². The lowest BCUT2D eigenvalue weighted by atomic mass is 10.2. The standard InChI is InChI=1S/C18H20N2O2S/c23-18(19-13-17-7-4-12-21-17)20-14-8-10-16(11-9-14)22-15-5-2-1-3-6-15/h1-3,5-6,8-11,17H,4,7,12-13H2,(H2,19,20,23)/t17-/m1/s1. The SMILES string of the molecule is S=C(NC[C@H]1CCCO1)Nc1ccc(Oc2ccccc2)cc1. The maximum Gasteiger partial charge on any atom is 0.170 e. The van der Waals surface area contributed by atoms with E-state index < -0.39 is 0 Å². The highest BCUT2D eigenvalue weighted by Gasteiger charge is 2.15. The van der Waals surface area contributed by atoms with E-state index in [2.05, 4.69) is 10.6 Å². The minimum absolute atomic E-state index is 0.274. The molecule has 0 amide bonds. The molecule has 0 unspecified atom stereocenters. The van der Waals surface area contributed by atoms with Gasteiger partial charge in [0.15, 0.2) is 5.11 Å². The highest BCUT2D eigenvalue weighted by atomic mass is 32.1. The van der Waals surface area contributed by atoms with Crippen LogP contribution in [-0.2, 0) is 4.74 Å². The average Bonchev–Trinajstić information content (AvgIpc) is 3.09. The zero-order chi connectivity index (χ0) is 15.9. The number of anilines is 1. The van der Waals surface area contributed by atoms with E-state index in [1.165, 1.54) is 0 Å². The lowest BCUT2D eigenvalue weighted by Gasteiger charge is -2.14. The molecule has 1 aliphatic rings. The Kier molecular flexibility index (Phi) is 5.45. The maximum absolute atomic E-state index is 5.76. The molecular weight excluding hydrogens is 308 g/mol. The Morgan fingerprint density at radius 1 is 1.09 bits per heavy atom. The molecule has 0 aromatic heterocycles. The molecule has 1 saturated heterocycles. The zero-order valence-corrected chi connectivity index (χ0v) is 13.6. The Balaban J connectivity index is 1.47. The summed E-state index contributed by atoms with van der Waals surface area (Å²) in [5, 5.41) is 6.97. The van der Waals surface area contributed by atoms with Gasteiger partial charge in [-0.1, -0.05) is 18.2 Å². The van der Waals surface area contributed by atoms with Crippen molar-refractivity contribution >= 4 is 23.0 Å². The van der Waals surface area contributed by atoms with Crippen LogP contribution in [-0.4, -0.2) is 24.4 Å². The van der Waals surface area contributed by atoms with Gasteiger partial charge in [-0.25, -0.2) is 0 Å². The molecule has 1 atom stereocenters. The van der Waals surface area contributed by atoms with E-state index in [-0.39, 0.29) is 6.10 Å². The summed E-state index contributed by atoms with van der Waals surface area (Å²) in [6.07, 6.45) is 2.51. The van der Waals surface area contributed by atoms with Crippen LogP contribution in [0.3, 0.4) is 0 Å². The second-order valence-corrected chi connectivity index (χ2v) is 5.82. The lowest BCUT2D eigenvalue weighted by Crippen LogP contribution is -2.34. The second-order valence-electron chi connectivity index (χ2n) is 5.41. The van der Waals surface area contributed by atoms with Crippen LogP contribution < -0.4 is 15.4 Å². The molecule has 2 aromatic rings. The van der Waals surface area contributed by atoms with Crippen LogP contribution in [0.15, 0.2) is 54.6 Å². The quantitative estimate of drug-likeness (QED) is 0.814. The Bertz CT molecular complexity index is 625. The number of hydrogen-bond acceptors (Lipinski definition) is 3. The van der Waals surface area contributed by atoms with Crippen LogP contribution in [0.1, 0.15) is 12.8 Å². The fourth-order valence-electron chi connectivity index (χ4n) is 2.42. The van der Waals surface area contributed by atoms with Crippen molar-refractivity contribution in [1.82, 2.24) is 5.32 Å². The molecule has 1 heterocycles. The van der Waals surface area contributed by atoms with Gasteiger partial charge in [0.2, 0.25) is 0 Å². The third kappa shape index (κ3) is 4.94. The van der Waals surface area contributed by atoms with Crippen molar-refractivity contribution in [1.29, 1.82) is 0 Å². The molecular formula is C18H20N2O2S. The van der Waals surface area contributed by atoms with Gasteiger partial charge in [-0.15, -0.1) is 0 Å². The molecule has 23 heavy (non-hydrogen) atoms. The van der Waals surface area contributed by atoms with Gasteiger partial charge in [-0.05, 0) is 61.5 Å². The number of rotatable bonds is 5. The van der Waals surface area contributed by atoms with Crippen molar-refractivity contribution in [3.63, 3.8) is 0 Å². The van der Waals surface area contributed by atoms with Crippen molar-refractivity contribution < 1.29 is 9.47 Å². The molecule has 120 valence electrons. The van der Waals surface area contributed by atoms with E-state index in [1.807, 2.05) is 54.6 Å². The van der Waals surface area contributed by atoms with Crippen LogP contribution in [0.2, 0.25) is 0 Å². The molecule has 1 aliphatic heterocycles. The molecule has 2 aromatic carbocycles. The largest absolute Gasteiger partial charge is 0.457 e. The van der Waals surface area contributed by atoms with E-state index in [1.54, 1.807) is 0 Å². The van der Waals surface area contributed by atoms with E-state index in [0.717, 1.165) is 43.2 Å². The van der Waals surface area contributed by atoms with Crippen LogP contribution >= 0.6 is 12.2 Å². The first-order valence-corrected chi connectivity index (χ1v) is 8.20. The molecule has 0 saturated carbocycles. The van der Waals surface area contributed by atoms with Crippen LogP contribution in [0.25, 0.3) is 0 Å². The minimum atomic E-state index is 0.274. The van der Waals surface area contributed by atoms with Gasteiger partial charge >= 0.3 is 0 Å². The molecule has 2 N–H and O–H groups in total. The fourth-order valence-corrected chi connectivity index (χ4v) is 2.62. The first-order chi connectivity index (χ1) is 11.3. The number of thiocarbonyl (C=S) groups is 1. The summed E-state index contributed by atoms with van der Waals surface area (Å²) in [7, 11) is 0. The van der Waals surface area contributed by atoms with Crippen LogP contribution in [0, 0.1) is 0 Å². The maximum atomic E-state index is 5.76. The first kappa shape index (κ1) is 15.8. The third-order valence-electron chi connectivity index (χ3n) is 3.61. The highest BCUT2D eigenvalue weighted by molar-refractivity contribution is 7.80. The van der Waals surface area contributed by atoms with Crippen LogP contribution in [0.4, 0.5) is 5.69 Å². The summed E-state index contributed by atoms with van der Waals surface area (Å²) < 4.78 is 11.3. The first-order valence-electron chi connectivity index (χ1n) is 7.79. The number of hydrogen-bond donors (Lipinski definition) is 2. The molecule has 1 fully saturated rings. The summed E-state index contributed by atoms with van der Waals surface area (Å²) in [5.74, 6) is 1.61. The van der Waals surface area contributed by atoms with Gasteiger partial charge in [-0.3, -0.25) is 0 Å². The van der Waals surface area contributed by atoms with Crippen molar-refractivity contribution in [3.05, 3.63) is 54.6 Å². The smallest absolute Gasteiger partial charge is 0.170 e. The lowest BCUT2D eigenvalue weighted by molar-refractivity contribution is 0.114. The average molecular weight is 328 g/mol. The fraction of sp³-hybridized carbons (Fsp3) is 0.278. The Labute approximate surface area is 141 Å². The number of ether oxygens (including phenoxy) is 2. The number of nitrogens with one attached hydrogen (secondary N) is 2. The van der Waals surface area contributed by atoms with Gasteiger partial charge < -0.3 is 20.1 Å². The van der Waals surface area contributed by atoms with Crippen molar-refractivity contribution in [2.24, 2.45) is 0 Å². The molecule has 0 aliphatic carbocycles. The van der Waals surface area contributed by atoms with E-state index in [4.69, 9.17) is 21.7 Å². The van der Waals surface area contributed by atoms with Crippen molar-refractivity contribution in [2.75, 3.05) is 18.5 Å². The number of benzene rings is 2. The van der Waals surface area contributed by atoms with Crippen molar-refractivity contribution in [3.8, 4) is 11.5 Å². The highest BCUT2D eigenvalue weighted by Crippen LogP contribution is 2.22. The molecule has 0 bridgehead atoms. The number of para-hydroxylation sites is 1. The summed E-state index contributed by atoms with van der Waals surface area (Å²) in [5.41, 5.74) is 0.926. The normalized spacial score (nSPS) is 16.8. The van der Waals surface area contributed by atoms with E-state index in [0.29, 0.717) is 5.11 Å². The summed E-state index contributed by atoms with van der Waals surface area (Å²) in [4.78, 5) is 0. The molecule has 4 nitrogen and oxygen atoms in total. The summed E-state index contributed by atoms with van der Waals surface area (Å²) >= 11 is 5.30. The van der Waals surface area contributed by atoms with Crippen LogP contribution in [0.5, 0.6) is 11.5 Å². The van der Waals surface area contributed by atoms with Crippen molar-refractivity contribution in [2.45, 2.75) is 18.9 Å². The van der Waals surface area contributed by atoms with Gasteiger partial charge in [0, 0.05) is 18.8 Å². The zero-order valence-electron chi connectivity index (χ0n) is 12.8. The van der Waals surface area contributed by atoms with Gasteiger partial charge in [-0.2, -0.15) is 0 Å². The molecule has 5 heteroatoms. The third-order valence-corrected chi connectivity index (χ3v) is 3.85. The summed E-state index contributed by atoms with van der Waals surface area (Å²) in [6.45, 7) is 1.61. The monoisotopic (exact) mass is 328 g/mol. The Morgan fingerprint density at radius 2 is 1.83 bits per heavy atom. The molecule has 0 radical (unpaired) electrons. The second kappa shape index (κ2) is 7.94. The van der Waals surface area contributed by atoms with E-state index >= 15 is 0 Å². The molecule has 3 rings (SSSR count). The Hall–Kier alpha value is -2.11. The summed E-state index contributed by atoms with van der Waals surface area (Å²) in [6, 6.07) is 17.4. The predicted molar refractivity (Wildman–Crippen MR) is 96.2 cm³/mol. The van der Waals surface area contributed by atoms with E-state index in [9.17, 15) is 0 Å².